The molecule has 2 aromatic rings. The van der Waals surface area contributed by atoms with E-state index in [0.29, 0.717) is 23.9 Å². The molecule has 1 aliphatic heterocycles. The van der Waals surface area contributed by atoms with Crippen LogP contribution in [0, 0.1) is 17.3 Å². The first-order valence-corrected chi connectivity index (χ1v) is 12.5. The topological polar surface area (TPSA) is 101 Å². The maximum Gasteiger partial charge on any atom is 0.270 e. The number of carbonyl (C=O) groups is 2. The highest BCUT2D eigenvalue weighted by atomic mass is 16.5. The van der Waals surface area contributed by atoms with Crippen molar-refractivity contribution in [3.8, 4) is 0 Å². The highest BCUT2D eigenvalue weighted by molar-refractivity contribution is 6.00. The van der Waals surface area contributed by atoms with Crippen LogP contribution in [0.25, 0.3) is 0 Å². The average molecular weight is 479 g/mol. The van der Waals surface area contributed by atoms with Gasteiger partial charge in [-0.15, -0.1) is 0 Å². The molecule has 0 spiro atoms. The first kappa shape index (κ1) is 23.4. The summed E-state index contributed by atoms with van der Waals surface area (Å²) in [6.45, 7) is 5.50. The summed E-state index contributed by atoms with van der Waals surface area (Å²) in [7, 11) is 1.73. The number of hydrogen-bond donors (Lipinski definition) is 2. The van der Waals surface area contributed by atoms with Crippen molar-refractivity contribution in [2.24, 2.45) is 24.3 Å². The standard InChI is InChI=1S/C26H34N6O3/c1-17-16-32(13-14-35-17)21-8-7-19(15-27-21)29-25(34)23(30-24(33)20-9-12-28-31(20)3)22(18-5-4-6-18)26(2)10-11-26/h7-9,12,15-16,18,22-23H,4-6,10-11,13-14H2,1-3H3,(H,29,34)(H,30,33)/t22?,23-/m0/s1. The van der Waals surface area contributed by atoms with Crippen molar-refractivity contribution in [3.05, 3.63) is 48.2 Å². The van der Waals surface area contributed by atoms with Gasteiger partial charge in [-0.2, -0.15) is 5.10 Å². The smallest absolute Gasteiger partial charge is 0.270 e. The number of amides is 2. The van der Waals surface area contributed by atoms with E-state index < -0.39 is 6.04 Å². The summed E-state index contributed by atoms with van der Waals surface area (Å²) in [4.78, 5) is 33.4. The van der Waals surface area contributed by atoms with Gasteiger partial charge in [-0.1, -0.05) is 26.2 Å². The van der Waals surface area contributed by atoms with Crippen LogP contribution in [-0.2, 0) is 16.6 Å². The second-order valence-corrected chi connectivity index (χ2v) is 10.3. The van der Waals surface area contributed by atoms with Gasteiger partial charge in [-0.25, -0.2) is 4.98 Å². The van der Waals surface area contributed by atoms with Crippen molar-refractivity contribution in [3.63, 3.8) is 0 Å². The Morgan fingerprint density at radius 2 is 2.03 bits per heavy atom. The van der Waals surface area contributed by atoms with E-state index in [0.717, 1.165) is 43.8 Å². The lowest BCUT2D eigenvalue weighted by molar-refractivity contribution is -0.121. The lowest BCUT2D eigenvalue weighted by Gasteiger charge is -2.42. The van der Waals surface area contributed by atoms with E-state index in [2.05, 4.69) is 27.6 Å². The van der Waals surface area contributed by atoms with E-state index >= 15 is 0 Å². The number of aryl methyl sites for hydroxylation is 1. The number of anilines is 2. The van der Waals surface area contributed by atoms with Gasteiger partial charge < -0.3 is 20.3 Å². The molecule has 5 rings (SSSR count). The molecule has 2 amide bonds. The number of allylic oxidation sites excluding steroid dienone is 1. The molecular weight excluding hydrogens is 444 g/mol. The highest BCUT2D eigenvalue weighted by Gasteiger charge is 2.54. The third-order valence-electron chi connectivity index (χ3n) is 7.79. The van der Waals surface area contributed by atoms with Crippen LogP contribution in [-0.4, -0.2) is 45.8 Å². The lowest BCUT2D eigenvalue weighted by Crippen LogP contribution is -2.54. The minimum absolute atomic E-state index is 0.0788. The Hall–Kier alpha value is -3.36. The Labute approximate surface area is 205 Å². The van der Waals surface area contributed by atoms with Crippen LogP contribution in [0.5, 0.6) is 0 Å². The number of carbonyl (C=O) groups excluding carboxylic acids is 2. The summed E-state index contributed by atoms with van der Waals surface area (Å²) in [5, 5.41) is 10.2. The first-order chi connectivity index (χ1) is 16.8. The zero-order valence-electron chi connectivity index (χ0n) is 20.7. The molecule has 186 valence electrons. The maximum absolute atomic E-state index is 13.7. The number of aromatic nitrogens is 3. The van der Waals surface area contributed by atoms with Crippen LogP contribution in [0.2, 0.25) is 0 Å². The number of hydrogen-bond acceptors (Lipinski definition) is 6. The molecule has 2 aliphatic carbocycles. The Balaban J connectivity index is 1.36. The van der Waals surface area contributed by atoms with Gasteiger partial charge in [0.2, 0.25) is 5.91 Å². The molecule has 0 bridgehead atoms. The normalized spacial score (nSPS) is 20.7. The maximum atomic E-state index is 13.7. The fourth-order valence-corrected chi connectivity index (χ4v) is 5.36. The van der Waals surface area contributed by atoms with Gasteiger partial charge in [0.05, 0.1) is 18.4 Å². The summed E-state index contributed by atoms with van der Waals surface area (Å²) in [6, 6.07) is 4.79. The van der Waals surface area contributed by atoms with Gasteiger partial charge in [-0.3, -0.25) is 14.3 Å². The lowest BCUT2D eigenvalue weighted by atomic mass is 9.66. The fraction of sp³-hybridized carbons (Fsp3) is 0.538. The molecule has 0 aromatic carbocycles. The summed E-state index contributed by atoms with van der Waals surface area (Å²) in [6.07, 6.45) is 10.8. The molecule has 1 unspecified atom stereocenters. The predicted octanol–water partition coefficient (Wildman–Crippen LogP) is 3.47. The predicted molar refractivity (Wildman–Crippen MR) is 133 cm³/mol. The van der Waals surface area contributed by atoms with Crippen LogP contribution in [0.15, 0.2) is 42.6 Å². The number of nitrogens with one attached hydrogen (secondary N) is 2. The van der Waals surface area contributed by atoms with Crippen molar-refractivity contribution in [2.75, 3.05) is 23.4 Å². The minimum Gasteiger partial charge on any atom is -0.495 e. The van der Waals surface area contributed by atoms with Crippen LogP contribution < -0.4 is 15.5 Å². The molecule has 0 radical (unpaired) electrons. The van der Waals surface area contributed by atoms with Crippen LogP contribution in [0.4, 0.5) is 11.5 Å². The van der Waals surface area contributed by atoms with Gasteiger partial charge in [0.1, 0.15) is 29.9 Å². The summed E-state index contributed by atoms with van der Waals surface area (Å²) >= 11 is 0. The van der Waals surface area contributed by atoms with Crippen molar-refractivity contribution < 1.29 is 14.3 Å². The number of nitrogens with zero attached hydrogens (tertiary/aromatic N) is 4. The Morgan fingerprint density at radius 3 is 2.60 bits per heavy atom. The summed E-state index contributed by atoms with van der Waals surface area (Å²) < 4.78 is 7.01. The fourth-order valence-electron chi connectivity index (χ4n) is 5.36. The summed E-state index contributed by atoms with van der Waals surface area (Å²) in [5.74, 6) is 1.72. The molecule has 2 saturated carbocycles. The molecule has 9 heteroatoms. The molecule has 35 heavy (non-hydrogen) atoms. The van der Waals surface area contributed by atoms with Gasteiger partial charge in [0.25, 0.3) is 5.91 Å². The monoisotopic (exact) mass is 478 g/mol. The Kier molecular flexibility index (Phi) is 6.25. The molecule has 2 aromatic heterocycles. The van der Waals surface area contributed by atoms with E-state index in [1.54, 1.807) is 25.5 Å². The molecule has 9 nitrogen and oxygen atoms in total. The van der Waals surface area contributed by atoms with Gasteiger partial charge >= 0.3 is 0 Å². The van der Waals surface area contributed by atoms with Crippen molar-refractivity contribution >= 4 is 23.3 Å². The van der Waals surface area contributed by atoms with Gasteiger partial charge in [0.15, 0.2) is 0 Å². The van der Waals surface area contributed by atoms with E-state index in [1.807, 2.05) is 30.2 Å². The second kappa shape index (κ2) is 9.36. The van der Waals surface area contributed by atoms with Gasteiger partial charge in [0, 0.05) is 19.4 Å². The third kappa shape index (κ3) is 4.90. The van der Waals surface area contributed by atoms with Crippen LogP contribution in [0.3, 0.4) is 0 Å². The molecule has 2 atom stereocenters. The second-order valence-electron chi connectivity index (χ2n) is 10.3. The zero-order valence-corrected chi connectivity index (χ0v) is 20.7. The van der Waals surface area contributed by atoms with E-state index in [4.69, 9.17) is 4.74 Å². The van der Waals surface area contributed by atoms with E-state index in [1.165, 1.54) is 11.1 Å². The molecule has 3 heterocycles. The van der Waals surface area contributed by atoms with E-state index in [-0.39, 0.29) is 23.1 Å². The van der Waals surface area contributed by atoms with Gasteiger partial charge in [-0.05, 0) is 55.2 Å². The minimum atomic E-state index is -0.625. The number of rotatable bonds is 8. The van der Waals surface area contributed by atoms with Crippen molar-refractivity contribution in [2.45, 2.75) is 52.0 Å². The molecule has 0 saturated heterocycles. The number of pyridine rings is 1. The quantitative estimate of drug-likeness (QED) is 0.603. The largest absolute Gasteiger partial charge is 0.495 e. The van der Waals surface area contributed by atoms with Crippen molar-refractivity contribution in [1.82, 2.24) is 20.1 Å². The third-order valence-corrected chi connectivity index (χ3v) is 7.79. The first-order valence-electron chi connectivity index (χ1n) is 12.5. The van der Waals surface area contributed by atoms with E-state index in [9.17, 15) is 9.59 Å². The van der Waals surface area contributed by atoms with Crippen molar-refractivity contribution in [1.29, 1.82) is 0 Å². The Bertz CT molecular complexity index is 1120. The zero-order chi connectivity index (χ0) is 24.6. The van der Waals surface area contributed by atoms with Crippen LogP contribution >= 0.6 is 0 Å². The average Bonchev–Trinajstić information content (AvgIpc) is 3.40. The SMILES string of the molecule is CC1=CN(c2ccc(NC(=O)[C@@H](NC(=O)c3ccnn3C)C(C3CCC3)C3(C)CC3)cn2)CCO1. The molecular formula is C26H34N6O3. The summed E-state index contributed by atoms with van der Waals surface area (Å²) in [5.41, 5.74) is 1.13. The molecule has 3 aliphatic rings. The molecule has 2 N–H and O–H groups in total. The molecule has 2 fully saturated rings. The number of ether oxygens (including phenoxy) is 1. The highest BCUT2D eigenvalue weighted by Crippen LogP contribution is 2.58. The Morgan fingerprint density at radius 1 is 1.23 bits per heavy atom. The van der Waals surface area contributed by atoms with Crippen LogP contribution in [0.1, 0.15) is 56.4 Å².